The molecule has 26 heavy (non-hydrogen) atoms. The fourth-order valence-electron chi connectivity index (χ4n) is 2.20. The summed E-state index contributed by atoms with van der Waals surface area (Å²) in [5.41, 5.74) is 0.830. The van der Waals surface area contributed by atoms with Crippen molar-refractivity contribution in [2.24, 2.45) is 0 Å². The van der Waals surface area contributed by atoms with Crippen molar-refractivity contribution in [2.45, 2.75) is 25.6 Å². The van der Waals surface area contributed by atoms with Gasteiger partial charge in [-0.05, 0) is 48.4 Å². The second kappa shape index (κ2) is 8.71. The van der Waals surface area contributed by atoms with E-state index in [4.69, 9.17) is 4.74 Å². The lowest BCUT2D eigenvalue weighted by Gasteiger charge is -2.14. The number of hydrogen-bond donors (Lipinski definition) is 2. The first-order valence-electron chi connectivity index (χ1n) is 8.15. The van der Waals surface area contributed by atoms with Gasteiger partial charge in [-0.1, -0.05) is 19.1 Å². The third kappa shape index (κ3) is 5.77. The topological polar surface area (TPSA) is 58.6 Å². The van der Waals surface area contributed by atoms with Gasteiger partial charge in [0.25, 0.3) is 5.91 Å². The molecule has 0 aliphatic rings. The average molecular weight is 367 g/mol. The van der Waals surface area contributed by atoms with Crippen molar-refractivity contribution in [1.29, 1.82) is 0 Å². The Morgan fingerprint density at radius 3 is 2.27 bits per heavy atom. The van der Waals surface area contributed by atoms with Gasteiger partial charge in [-0.15, -0.1) is 0 Å². The number of aryl methyl sites for hydroxylation is 1. The molecule has 140 valence electrons. The molecule has 1 unspecified atom stereocenters. The Morgan fingerprint density at radius 2 is 1.73 bits per heavy atom. The maximum Gasteiger partial charge on any atom is 0.416 e. The number of carbonyl (C=O) groups excluding carboxylic acids is 1. The van der Waals surface area contributed by atoms with Crippen molar-refractivity contribution < 1.29 is 27.8 Å². The molecule has 0 radical (unpaired) electrons. The van der Waals surface area contributed by atoms with Crippen LogP contribution in [0.3, 0.4) is 0 Å². The summed E-state index contributed by atoms with van der Waals surface area (Å²) in [6.45, 7) is 1.83. The maximum atomic E-state index is 12.5. The van der Waals surface area contributed by atoms with Crippen LogP contribution in [-0.4, -0.2) is 30.3 Å². The summed E-state index contributed by atoms with van der Waals surface area (Å²) < 4.78 is 42.6. The Hall–Kier alpha value is -2.54. The number of rotatable bonds is 7. The van der Waals surface area contributed by atoms with Gasteiger partial charge < -0.3 is 15.2 Å². The van der Waals surface area contributed by atoms with E-state index in [1.807, 2.05) is 19.1 Å². The van der Waals surface area contributed by atoms with E-state index >= 15 is 0 Å². The number of nitrogens with one attached hydrogen (secondary N) is 1. The molecule has 1 atom stereocenters. The maximum absolute atomic E-state index is 12.5. The van der Waals surface area contributed by atoms with Gasteiger partial charge in [-0.3, -0.25) is 4.79 Å². The molecule has 0 spiro atoms. The van der Waals surface area contributed by atoms with Gasteiger partial charge >= 0.3 is 6.18 Å². The number of hydrogen-bond acceptors (Lipinski definition) is 3. The van der Waals surface area contributed by atoms with Gasteiger partial charge in [0.1, 0.15) is 18.5 Å². The normalized spacial score (nSPS) is 12.5. The SMILES string of the molecule is CCc1ccc(C(=O)NCC(O)COc2ccc(C(F)(F)F)cc2)cc1. The van der Waals surface area contributed by atoms with Crippen LogP contribution in [0.2, 0.25) is 0 Å². The monoisotopic (exact) mass is 367 g/mol. The van der Waals surface area contributed by atoms with Gasteiger partial charge in [0.15, 0.2) is 0 Å². The van der Waals surface area contributed by atoms with E-state index in [0.29, 0.717) is 5.56 Å². The molecule has 0 saturated heterocycles. The van der Waals surface area contributed by atoms with Crippen LogP contribution in [0.5, 0.6) is 5.75 Å². The second-order valence-corrected chi connectivity index (χ2v) is 5.75. The fraction of sp³-hybridized carbons (Fsp3) is 0.316. The minimum absolute atomic E-state index is 0.0327. The van der Waals surface area contributed by atoms with Gasteiger partial charge in [-0.25, -0.2) is 0 Å². The molecule has 0 aliphatic carbocycles. The van der Waals surface area contributed by atoms with Crippen LogP contribution in [0.25, 0.3) is 0 Å². The zero-order valence-corrected chi connectivity index (χ0v) is 14.2. The predicted octanol–water partition coefficient (Wildman–Crippen LogP) is 3.44. The van der Waals surface area contributed by atoms with Crippen LogP contribution >= 0.6 is 0 Å². The van der Waals surface area contributed by atoms with Gasteiger partial charge in [0.05, 0.1) is 5.56 Å². The summed E-state index contributed by atoms with van der Waals surface area (Å²) in [6.07, 6.45) is -4.52. The average Bonchev–Trinajstić information content (AvgIpc) is 2.64. The molecule has 0 aromatic heterocycles. The summed E-state index contributed by atoms with van der Waals surface area (Å²) in [6, 6.07) is 11.3. The van der Waals surface area contributed by atoms with E-state index in [1.54, 1.807) is 12.1 Å². The summed E-state index contributed by atoms with van der Waals surface area (Å²) in [4.78, 5) is 12.0. The molecule has 2 N–H and O–H groups in total. The molecule has 0 saturated carbocycles. The van der Waals surface area contributed by atoms with Crippen molar-refractivity contribution in [3.8, 4) is 5.75 Å². The van der Waals surface area contributed by atoms with Gasteiger partial charge in [0.2, 0.25) is 0 Å². The Bertz CT molecular complexity index is 712. The highest BCUT2D eigenvalue weighted by Gasteiger charge is 2.30. The highest BCUT2D eigenvalue weighted by Crippen LogP contribution is 2.30. The van der Waals surface area contributed by atoms with Crippen LogP contribution in [-0.2, 0) is 12.6 Å². The van der Waals surface area contributed by atoms with Crippen LogP contribution in [0.4, 0.5) is 13.2 Å². The molecular weight excluding hydrogens is 347 g/mol. The standard InChI is InChI=1S/C19H20F3NO3/c1-2-13-3-5-14(6-4-13)18(25)23-11-16(24)12-26-17-9-7-15(8-10-17)19(20,21)22/h3-10,16,24H,2,11-12H2,1H3,(H,23,25). The van der Waals surface area contributed by atoms with Gasteiger partial charge in [-0.2, -0.15) is 13.2 Å². The third-order valence-corrected chi connectivity index (χ3v) is 3.75. The number of aliphatic hydroxyl groups excluding tert-OH is 1. The number of aliphatic hydroxyl groups is 1. The number of alkyl halides is 3. The Morgan fingerprint density at radius 1 is 1.12 bits per heavy atom. The molecular formula is C19H20F3NO3. The largest absolute Gasteiger partial charge is 0.491 e. The molecule has 0 heterocycles. The minimum Gasteiger partial charge on any atom is -0.491 e. The lowest BCUT2D eigenvalue weighted by Crippen LogP contribution is -2.35. The number of carbonyl (C=O) groups is 1. The van der Waals surface area contributed by atoms with E-state index in [-0.39, 0.29) is 24.8 Å². The smallest absolute Gasteiger partial charge is 0.416 e. The fourth-order valence-corrected chi connectivity index (χ4v) is 2.20. The van der Waals surface area contributed by atoms with Gasteiger partial charge in [0, 0.05) is 12.1 Å². The van der Waals surface area contributed by atoms with Crippen molar-refractivity contribution in [3.05, 3.63) is 65.2 Å². The Labute approximate surface area is 149 Å². The number of benzene rings is 2. The lowest BCUT2D eigenvalue weighted by atomic mass is 10.1. The van der Waals surface area contributed by atoms with Crippen LogP contribution in [0.15, 0.2) is 48.5 Å². The van der Waals surface area contributed by atoms with E-state index < -0.39 is 17.8 Å². The summed E-state index contributed by atoms with van der Waals surface area (Å²) in [7, 11) is 0. The molecule has 2 aromatic carbocycles. The summed E-state index contributed by atoms with van der Waals surface area (Å²) >= 11 is 0. The van der Waals surface area contributed by atoms with Crippen LogP contribution < -0.4 is 10.1 Å². The zero-order valence-electron chi connectivity index (χ0n) is 14.2. The molecule has 2 rings (SSSR count). The Kier molecular flexibility index (Phi) is 6.63. The van der Waals surface area contributed by atoms with Crippen molar-refractivity contribution in [3.63, 3.8) is 0 Å². The van der Waals surface area contributed by atoms with Crippen molar-refractivity contribution >= 4 is 5.91 Å². The van der Waals surface area contributed by atoms with E-state index in [0.717, 1.165) is 24.1 Å². The molecule has 0 bridgehead atoms. The quantitative estimate of drug-likeness (QED) is 0.788. The van der Waals surface area contributed by atoms with E-state index in [1.165, 1.54) is 12.1 Å². The molecule has 2 aromatic rings. The Balaban J connectivity index is 1.77. The lowest BCUT2D eigenvalue weighted by molar-refractivity contribution is -0.137. The predicted molar refractivity (Wildman–Crippen MR) is 91.1 cm³/mol. The summed E-state index contributed by atoms with van der Waals surface area (Å²) in [5.74, 6) is -0.111. The van der Waals surface area contributed by atoms with E-state index in [9.17, 15) is 23.1 Å². The first-order valence-corrected chi connectivity index (χ1v) is 8.15. The molecule has 7 heteroatoms. The number of halogens is 3. The zero-order chi connectivity index (χ0) is 19.2. The molecule has 1 amide bonds. The van der Waals surface area contributed by atoms with Crippen molar-refractivity contribution in [1.82, 2.24) is 5.32 Å². The highest BCUT2D eigenvalue weighted by molar-refractivity contribution is 5.94. The van der Waals surface area contributed by atoms with E-state index in [2.05, 4.69) is 5.32 Å². The molecule has 0 aliphatic heterocycles. The minimum atomic E-state index is -4.41. The van der Waals surface area contributed by atoms with Crippen LogP contribution in [0.1, 0.15) is 28.4 Å². The molecule has 0 fully saturated rings. The third-order valence-electron chi connectivity index (χ3n) is 3.75. The highest BCUT2D eigenvalue weighted by atomic mass is 19.4. The number of ether oxygens (including phenoxy) is 1. The van der Waals surface area contributed by atoms with Crippen LogP contribution in [0, 0.1) is 0 Å². The molecule has 4 nitrogen and oxygen atoms in total. The summed E-state index contributed by atoms with van der Waals surface area (Å²) in [5, 5.41) is 12.4. The van der Waals surface area contributed by atoms with Crippen molar-refractivity contribution in [2.75, 3.05) is 13.2 Å². The number of amides is 1. The first-order chi connectivity index (χ1) is 12.3. The first kappa shape index (κ1) is 19.8. The second-order valence-electron chi connectivity index (χ2n) is 5.75.